The van der Waals surface area contributed by atoms with Crippen LogP contribution in [0.2, 0.25) is 0 Å². The van der Waals surface area contributed by atoms with Gasteiger partial charge in [0.15, 0.2) is 0 Å². The number of alkyl halides is 1. The summed E-state index contributed by atoms with van der Waals surface area (Å²) in [5.74, 6) is -0.987. The van der Waals surface area contributed by atoms with Gasteiger partial charge < -0.3 is 15.5 Å². The number of halogens is 1. The molecule has 0 unspecified atom stereocenters. The zero-order chi connectivity index (χ0) is 14.5. The average Bonchev–Trinajstić information content (AvgIpc) is 2.45. The third-order valence-electron chi connectivity index (χ3n) is 2.88. The van der Waals surface area contributed by atoms with Gasteiger partial charge in [0.05, 0.1) is 0 Å². The van der Waals surface area contributed by atoms with E-state index in [0.29, 0.717) is 6.54 Å². The summed E-state index contributed by atoms with van der Waals surface area (Å²) in [6, 6.07) is 12.0. The van der Waals surface area contributed by atoms with Crippen molar-refractivity contribution in [2.75, 3.05) is 0 Å². The maximum Gasteiger partial charge on any atom is 0.259 e. The van der Waals surface area contributed by atoms with Gasteiger partial charge in [-0.15, -0.1) is 0 Å². The van der Waals surface area contributed by atoms with Crippen LogP contribution in [0.15, 0.2) is 42.5 Å². The van der Waals surface area contributed by atoms with E-state index in [2.05, 4.69) is 21.2 Å². The summed E-state index contributed by atoms with van der Waals surface area (Å²) in [6.45, 7) is 0.329. The fourth-order valence-corrected chi connectivity index (χ4v) is 2.15. The number of phenolic OH excluding ortho intramolecular Hbond substituents is 2. The Kier molecular flexibility index (Phi) is 4.63. The quantitative estimate of drug-likeness (QED) is 0.752. The molecule has 2 rings (SSSR count). The van der Waals surface area contributed by atoms with Crippen LogP contribution in [0, 0.1) is 0 Å². The zero-order valence-corrected chi connectivity index (χ0v) is 12.2. The molecule has 0 aliphatic heterocycles. The van der Waals surface area contributed by atoms with Crippen LogP contribution in [0.5, 0.6) is 11.5 Å². The molecule has 0 heterocycles. The van der Waals surface area contributed by atoms with Gasteiger partial charge in [0.1, 0.15) is 17.1 Å². The summed E-state index contributed by atoms with van der Waals surface area (Å²) in [4.78, 5) is 11.9. The molecule has 4 nitrogen and oxygen atoms in total. The Bertz CT molecular complexity index is 591. The normalized spacial score (nSPS) is 10.2. The molecule has 3 N–H and O–H groups in total. The van der Waals surface area contributed by atoms with E-state index in [0.717, 1.165) is 16.5 Å². The van der Waals surface area contributed by atoms with E-state index in [-0.39, 0.29) is 17.1 Å². The highest BCUT2D eigenvalue weighted by Gasteiger charge is 2.15. The zero-order valence-electron chi connectivity index (χ0n) is 10.6. The van der Waals surface area contributed by atoms with Gasteiger partial charge in [-0.2, -0.15) is 0 Å². The molecule has 104 valence electrons. The van der Waals surface area contributed by atoms with Crippen LogP contribution in [0.4, 0.5) is 0 Å². The van der Waals surface area contributed by atoms with Gasteiger partial charge in [-0.3, -0.25) is 4.79 Å². The monoisotopic (exact) mass is 335 g/mol. The number of aromatic hydroxyl groups is 2. The summed E-state index contributed by atoms with van der Waals surface area (Å²) >= 11 is 3.37. The molecule has 1 amide bonds. The molecule has 0 spiro atoms. The number of benzene rings is 2. The standard InChI is InChI=1S/C15H14BrNO3/c16-8-10-4-6-11(7-5-10)9-17-15(20)14-12(18)2-1-3-13(14)19/h1-7,18-19H,8-9H2,(H,17,20). The molecule has 0 saturated carbocycles. The Hall–Kier alpha value is -2.01. The SMILES string of the molecule is O=C(NCc1ccc(CBr)cc1)c1c(O)cccc1O. The molecule has 0 saturated heterocycles. The minimum absolute atomic E-state index is 0.107. The van der Waals surface area contributed by atoms with E-state index in [9.17, 15) is 15.0 Å². The van der Waals surface area contributed by atoms with Crippen LogP contribution in [0.3, 0.4) is 0 Å². The first-order valence-electron chi connectivity index (χ1n) is 6.04. The van der Waals surface area contributed by atoms with Crippen LogP contribution in [0.25, 0.3) is 0 Å². The Balaban J connectivity index is 2.05. The van der Waals surface area contributed by atoms with Crippen LogP contribution in [-0.4, -0.2) is 16.1 Å². The first kappa shape index (κ1) is 14.4. The lowest BCUT2D eigenvalue weighted by Gasteiger charge is -2.08. The molecule has 0 aliphatic rings. The van der Waals surface area contributed by atoms with E-state index in [1.54, 1.807) is 0 Å². The minimum atomic E-state index is -0.509. The van der Waals surface area contributed by atoms with Crippen molar-refractivity contribution in [3.63, 3.8) is 0 Å². The predicted octanol–water partition coefficient (Wildman–Crippen LogP) is 2.92. The fourth-order valence-electron chi connectivity index (χ4n) is 1.78. The fraction of sp³-hybridized carbons (Fsp3) is 0.133. The number of hydrogen-bond acceptors (Lipinski definition) is 3. The van der Waals surface area contributed by atoms with Crippen molar-refractivity contribution in [2.45, 2.75) is 11.9 Å². The molecule has 5 heteroatoms. The van der Waals surface area contributed by atoms with Gasteiger partial charge in [0, 0.05) is 11.9 Å². The maximum absolute atomic E-state index is 11.9. The van der Waals surface area contributed by atoms with Gasteiger partial charge >= 0.3 is 0 Å². The van der Waals surface area contributed by atoms with Crippen LogP contribution in [0.1, 0.15) is 21.5 Å². The molecular formula is C15H14BrNO3. The largest absolute Gasteiger partial charge is 0.507 e. The lowest BCUT2D eigenvalue weighted by atomic mass is 10.1. The van der Waals surface area contributed by atoms with Gasteiger partial charge in [0.25, 0.3) is 5.91 Å². The number of amides is 1. The number of carbonyl (C=O) groups is 1. The highest BCUT2D eigenvalue weighted by atomic mass is 79.9. The second-order valence-electron chi connectivity index (χ2n) is 4.30. The molecule has 20 heavy (non-hydrogen) atoms. The van der Waals surface area contributed by atoms with E-state index in [1.807, 2.05) is 24.3 Å². The van der Waals surface area contributed by atoms with E-state index < -0.39 is 5.91 Å². The van der Waals surface area contributed by atoms with Crippen molar-refractivity contribution in [1.29, 1.82) is 0 Å². The van der Waals surface area contributed by atoms with Crippen LogP contribution >= 0.6 is 15.9 Å². The molecule has 0 fully saturated rings. The molecule has 2 aromatic carbocycles. The Morgan fingerprint density at radius 3 is 2.10 bits per heavy atom. The van der Waals surface area contributed by atoms with Gasteiger partial charge in [-0.25, -0.2) is 0 Å². The maximum atomic E-state index is 11.9. The number of rotatable bonds is 4. The molecule has 2 aromatic rings. The van der Waals surface area contributed by atoms with Crippen molar-refractivity contribution in [3.8, 4) is 11.5 Å². The lowest BCUT2D eigenvalue weighted by molar-refractivity contribution is 0.0945. The second kappa shape index (κ2) is 6.43. The highest BCUT2D eigenvalue weighted by Crippen LogP contribution is 2.25. The Labute approximate surface area is 125 Å². The molecule has 0 aromatic heterocycles. The van der Waals surface area contributed by atoms with Crippen molar-refractivity contribution in [2.24, 2.45) is 0 Å². The third kappa shape index (κ3) is 3.30. The highest BCUT2D eigenvalue weighted by molar-refractivity contribution is 9.08. The van der Waals surface area contributed by atoms with Crippen LogP contribution in [-0.2, 0) is 11.9 Å². The summed E-state index contributed by atoms with van der Waals surface area (Å²) in [5.41, 5.74) is 1.99. The van der Waals surface area contributed by atoms with Gasteiger partial charge in [0.2, 0.25) is 0 Å². The summed E-state index contributed by atoms with van der Waals surface area (Å²) in [7, 11) is 0. The first-order chi connectivity index (χ1) is 9.61. The van der Waals surface area contributed by atoms with Crippen molar-refractivity contribution in [1.82, 2.24) is 5.32 Å². The van der Waals surface area contributed by atoms with Crippen molar-refractivity contribution in [3.05, 3.63) is 59.2 Å². The Morgan fingerprint density at radius 1 is 1.00 bits per heavy atom. The molecule has 0 atom stereocenters. The topological polar surface area (TPSA) is 69.6 Å². The second-order valence-corrected chi connectivity index (χ2v) is 4.86. The van der Waals surface area contributed by atoms with Crippen molar-refractivity contribution >= 4 is 21.8 Å². The Morgan fingerprint density at radius 2 is 1.55 bits per heavy atom. The minimum Gasteiger partial charge on any atom is -0.507 e. The number of nitrogens with one attached hydrogen (secondary N) is 1. The molecular weight excluding hydrogens is 322 g/mol. The third-order valence-corrected chi connectivity index (χ3v) is 3.53. The molecule has 0 bridgehead atoms. The first-order valence-corrected chi connectivity index (χ1v) is 7.17. The summed E-state index contributed by atoms with van der Waals surface area (Å²) in [6.07, 6.45) is 0. The van der Waals surface area contributed by atoms with E-state index in [4.69, 9.17) is 0 Å². The van der Waals surface area contributed by atoms with Crippen LogP contribution < -0.4 is 5.32 Å². The number of hydrogen-bond donors (Lipinski definition) is 3. The number of carbonyl (C=O) groups excluding carboxylic acids is 1. The summed E-state index contributed by atoms with van der Waals surface area (Å²) in [5, 5.41) is 22.6. The van der Waals surface area contributed by atoms with Gasteiger partial charge in [-0.1, -0.05) is 46.3 Å². The van der Waals surface area contributed by atoms with Gasteiger partial charge in [-0.05, 0) is 23.3 Å². The van der Waals surface area contributed by atoms with Crippen molar-refractivity contribution < 1.29 is 15.0 Å². The predicted molar refractivity (Wildman–Crippen MR) is 80.0 cm³/mol. The average molecular weight is 336 g/mol. The van der Waals surface area contributed by atoms with E-state index >= 15 is 0 Å². The lowest BCUT2D eigenvalue weighted by Crippen LogP contribution is -2.23. The molecule has 0 radical (unpaired) electrons. The van der Waals surface area contributed by atoms with E-state index in [1.165, 1.54) is 18.2 Å². The smallest absolute Gasteiger partial charge is 0.259 e. The molecule has 0 aliphatic carbocycles. The number of phenols is 2. The summed E-state index contributed by atoms with van der Waals surface area (Å²) < 4.78 is 0.